The molecule has 0 aliphatic heterocycles. The first-order valence-corrected chi connectivity index (χ1v) is 9.32. The number of nitrogens with zero attached hydrogens (tertiary/aromatic N) is 1. The van der Waals surface area contributed by atoms with Crippen LogP contribution in [0.15, 0.2) is 71.7 Å². The van der Waals surface area contributed by atoms with Crippen molar-refractivity contribution in [1.82, 2.24) is 4.57 Å². The van der Waals surface area contributed by atoms with Crippen LogP contribution in [0.3, 0.4) is 0 Å². The van der Waals surface area contributed by atoms with E-state index in [0.717, 1.165) is 11.1 Å². The summed E-state index contributed by atoms with van der Waals surface area (Å²) in [5.74, 6) is -1.11. The average Bonchev–Trinajstić information content (AvgIpc) is 2.70. The topological polar surface area (TPSA) is 77.4 Å². The minimum Gasteiger partial charge on any atom is -0.462 e. The third-order valence-electron chi connectivity index (χ3n) is 4.37. The summed E-state index contributed by atoms with van der Waals surface area (Å²) < 4.78 is 6.51. The number of para-hydroxylation sites is 1. The van der Waals surface area contributed by atoms with E-state index in [-0.39, 0.29) is 17.7 Å². The number of esters is 1. The molecule has 2 aromatic carbocycles. The second-order valence-corrected chi connectivity index (χ2v) is 6.56. The quantitative estimate of drug-likeness (QED) is 0.652. The van der Waals surface area contributed by atoms with Gasteiger partial charge in [-0.15, -0.1) is 0 Å². The van der Waals surface area contributed by atoms with Crippen LogP contribution in [-0.2, 0) is 11.3 Å². The molecule has 0 aliphatic rings. The van der Waals surface area contributed by atoms with Crippen molar-refractivity contribution in [2.75, 3.05) is 11.9 Å². The van der Waals surface area contributed by atoms with Crippen molar-refractivity contribution < 1.29 is 14.3 Å². The zero-order valence-electron chi connectivity index (χ0n) is 16.3. The van der Waals surface area contributed by atoms with E-state index in [1.165, 1.54) is 10.6 Å². The summed E-state index contributed by atoms with van der Waals surface area (Å²) in [7, 11) is 0. The summed E-state index contributed by atoms with van der Waals surface area (Å²) in [5.41, 5.74) is 2.19. The van der Waals surface area contributed by atoms with Crippen molar-refractivity contribution >= 4 is 17.6 Å². The number of benzene rings is 2. The summed E-state index contributed by atoms with van der Waals surface area (Å²) in [6, 6.07) is 17.5. The fraction of sp³-hybridized carbons (Fsp3) is 0.174. The van der Waals surface area contributed by atoms with Crippen molar-refractivity contribution in [2.45, 2.75) is 20.4 Å². The summed E-state index contributed by atoms with van der Waals surface area (Å²) >= 11 is 0. The van der Waals surface area contributed by atoms with Gasteiger partial charge in [0.2, 0.25) is 0 Å². The number of anilines is 1. The minimum atomic E-state index is -0.578. The number of carbonyl (C=O) groups is 2. The molecule has 6 heteroatoms. The molecule has 0 spiro atoms. The van der Waals surface area contributed by atoms with E-state index in [9.17, 15) is 14.4 Å². The molecule has 1 heterocycles. The molecule has 1 N–H and O–H groups in total. The number of aromatic nitrogens is 1. The Kier molecular flexibility index (Phi) is 6.24. The van der Waals surface area contributed by atoms with Gasteiger partial charge >= 0.3 is 5.97 Å². The summed E-state index contributed by atoms with van der Waals surface area (Å²) in [6.07, 6.45) is 1.65. The molecule has 1 amide bonds. The molecule has 3 aromatic rings. The lowest BCUT2D eigenvalue weighted by Gasteiger charge is -2.11. The Bertz CT molecular complexity index is 1100. The Morgan fingerprint density at radius 3 is 2.52 bits per heavy atom. The largest absolute Gasteiger partial charge is 0.462 e. The van der Waals surface area contributed by atoms with Crippen LogP contribution >= 0.6 is 0 Å². The Labute approximate surface area is 168 Å². The van der Waals surface area contributed by atoms with Crippen molar-refractivity contribution in [3.8, 4) is 0 Å². The molecule has 6 nitrogen and oxygen atoms in total. The molecule has 0 unspecified atom stereocenters. The predicted octanol–water partition coefficient (Wildman–Crippen LogP) is 3.63. The third-order valence-corrected chi connectivity index (χ3v) is 4.37. The fourth-order valence-electron chi connectivity index (χ4n) is 3.01. The number of pyridine rings is 1. The number of hydrogen-bond donors (Lipinski definition) is 1. The Morgan fingerprint density at radius 2 is 1.76 bits per heavy atom. The molecule has 1 aromatic heterocycles. The minimum absolute atomic E-state index is 0.00110. The molecule has 3 rings (SSSR count). The smallest absolute Gasteiger partial charge is 0.340 e. The lowest BCUT2D eigenvalue weighted by molar-refractivity contribution is 0.0527. The van der Waals surface area contributed by atoms with E-state index in [2.05, 4.69) is 5.32 Å². The first-order valence-electron chi connectivity index (χ1n) is 9.32. The number of carbonyl (C=O) groups excluding carboxylic acids is 2. The number of nitrogens with one attached hydrogen (secondary N) is 1. The van der Waals surface area contributed by atoms with Gasteiger partial charge in [-0.1, -0.05) is 42.0 Å². The Hall–Kier alpha value is -3.67. The molecular formula is C23H22N2O4. The maximum Gasteiger partial charge on any atom is 0.340 e. The van der Waals surface area contributed by atoms with Gasteiger partial charge < -0.3 is 14.6 Å². The van der Waals surface area contributed by atoms with Gasteiger partial charge in [-0.2, -0.15) is 0 Å². The predicted molar refractivity (Wildman–Crippen MR) is 111 cm³/mol. The molecule has 0 atom stereocenters. The second-order valence-electron chi connectivity index (χ2n) is 6.56. The SMILES string of the molecule is CCOC(=O)c1ccccc1NC(=O)c1cccn(Cc2cccc(C)c2)c1=O. The van der Waals surface area contributed by atoms with Gasteiger partial charge in [0.1, 0.15) is 5.56 Å². The van der Waals surface area contributed by atoms with Gasteiger partial charge in [0.25, 0.3) is 11.5 Å². The lowest BCUT2D eigenvalue weighted by Crippen LogP contribution is -2.29. The van der Waals surface area contributed by atoms with Crippen molar-refractivity contribution in [3.63, 3.8) is 0 Å². The van der Waals surface area contributed by atoms with E-state index >= 15 is 0 Å². The molecule has 148 valence electrons. The van der Waals surface area contributed by atoms with E-state index in [0.29, 0.717) is 12.2 Å². The summed E-state index contributed by atoms with van der Waals surface area (Å²) in [6.45, 7) is 4.28. The van der Waals surface area contributed by atoms with Crippen molar-refractivity contribution in [2.24, 2.45) is 0 Å². The number of amides is 1. The van der Waals surface area contributed by atoms with Crippen LogP contribution in [0, 0.1) is 6.92 Å². The van der Waals surface area contributed by atoms with Crippen LogP contribution in [-0.4, -0.2) is 23.1 Å². The molecule has 29 heavy (non-hydrogen) atoms. The van der Waals surface area contributed by atoms with Crippen LogP contribution in [0.1, 0.15) is 38.8 Å². The maximum absolute atomic E-state index is 12.8. The highest BCUT2D eigenvalue weighted by Gasteiger charge is 2.17. The number of hydrogen-bond acceptors (Lipinski definition) is 4. The second kappa shape index (κ2) is 9.01. The standard InChI is InChI=1S/C23H22N2O4/c1-3-29-23(28)18-10-4-5-12-20(18)24-21(26)19-11-7-13-25(22(19)27)15-17-9-6-8-16(2)14-17/h4-14H,3,15H2,1-2H3,(H,24,26). The molecule has 0 radical (unpaired) electrons. The first-order chi connectivity index (χ1) is 14.0. The summed E-state index contributed by atoms with van der Waals surface area (Å²) in [4.78, 5) is 37.7. The fourth-order valence-corrected chi connectivity index (χ4v) is 3.01. The van der Waals surface area contributed by atoms with Crippen molar-refractivity contribution in [3.05, 3.63) is 99.5 Å². The van der Waals surface area contributed by atoms with Crippen LogP contribution in [0.5, 0.6) is 0 Å². The van der Waals surface area contributed by atoms with Crippen LogP contribution in [0.2, 0.25) is 0 Å². The number of aryl methyl sites for hydroxylation is 1. The van der Waals surface area contributed by atoms with Gasteiger partial charge in [-0.05, 0) is 43.7 Å². The molecular weight excluding hydrogens is 368 g/mol. The van der Waals surface area contributed by atoms with Gasteiger partial charge in [0.15, 0.2) is 0 Å². The average molecular weight is 390 g/mol. The zero-order chi connectivity index (χ0) is 20.8. The Balaban J connectivity index is 1.86. The molecule has 0 aliphatic carbocycles. The van der Waals surface area contributed by atoms with Gasteiger partial charge in [-0.3, -0.25) is 9.59 Å². The molecule has 0 saturated heterocycles. The Morgan fingerprint density at radius 1 is 1.00 bits per heavy atom. The maximum atomic E-state index is 12.8. The highest BCUT2D eigenvalue weighted by molar-refractivity contribution is 6.07. The van der Waals surface area contributed by atoms with E-state index in [1.54, 1.807) is 43.5 Å². The summed E-state index contributed by atoms with van der Waals surface area (Å²) in [5, 5.41) is 2.65. The van der Waals surface area contributed by atoms with E-state index in [1.807, 2.05) is 31.2 Å². The lowest BCUT2D eigenvalue weighted by atomic mass is 10.1. The first kappa shape index (κ1) is 20.1. The molecule has 0 fully saturated rings. The zero-order valence-corrected chi connectivity index (χ0v) is 16.3. The normalized spacial score (nSPS) is 10.4. The van der Waals surface area contributed by atoms with Crippen LogP contribution in [0.4, 0.5) is 5.69 Å². The molecule has 0 bridgehead atoms. The van der Waals surface area contributed by atoms with Gasteiger partial charge in [-0.25, -0.2) is 4.79 Å². The highest BCUT2D eigenvalue weighted by Crippen LogP contribution is 2.17. The van der Waals surface area contributed by atoms with Gasteiger partial charge in [0, 0.05) is 6.20 Å². The number of rotatable bonds is 6. The highest BCUT2D eigenvalue weighted by atomic mass is 16.5. The van der Waals surface area contributed by atoms with E-state index < -0.39 is 17.4 Å². The van der Waals surface area contributed by atoms with E-state index in [4.69, 9.17) is 4.74 Å². The monoisotopic (exact) mass is 390 g/mol. The third kappa shape index (κ3) is 4.79. The van der Waals surface area contributed by atoms with Crippen molar-refractivity contribution in [1.29, 1.82) is 0 Å². The number of ether oxygens (including phenoxy) is 1. The van der Waals surface area contributed by atoms with Crippen LogP contribution < -0.4 is 10.9 Å². The van der Waals surface area contributed by atoms with Crippen LogP contribution in [0.25, 0.3) is 0 Å². The molecule has 0 saturated carbocycles. The van der Waals surface area contributed by atoms with Gasteiger partial charge in [0.05, 0.1) is 24.4 Å².